The number of fused-ring (bicyclic) bond motifs is 1. The standard InChI is InChI=1S/C15H20N2O3S/c18-15(17-8-3-10-21(19,20)11-9-17)13-6-7-16-14-5-2-1-4-12(13)14/h1-2,4-5,13,16H,3,6-11H2. The molecule has 114 valence electrons. The van der Waals surface area contributed by atoms with Gasteiger partial charge in [0, 0.05) is 25.3 Å². The third-order valence-corrected chi connectivity index (χ3v) is 5.97. The molecule has 1 fully saturated rings. The monoisotopic (exact) mass is 308 g/mol. The van der Waals surface area contributed by atoms with Crippen LogP contribution in [0.4, 0.5) is 5.69 Å². The average molecular weight is 308 g/mol. The lowest BCUT2D eigenvalue weighted by molar-refractivity contribution is -0.132. The number of hydrogen-bond donors (Lipinski definition) is 1. The van der Waals surface area contributed by atoms with Crippen molar-refractivity contribution in [3.63, 3.8) is 0 Å². The third-order valence-electron chi connectivity index (χ3n) is 4.25. The predicted molar refractivity (Wildman–Crippen MR) is 82.1 cm³/mol. The summed E-state index contributed by atoms with van der Waals surface area (Å²) in [5.41, 5.74) is 2.05. The topological polar surface area (TPSA) is 66.5 Å². The summed E-state index contributed by atoms with van der Waals surface area (Å²) < 4.78 is 23.3. The van der Waals surface area contributed by atoms with Crippen molar-refractivity contribution in [3.8, 4) is 0 Å². The largest absolute Gasteiger partial charge is 0.385 e. The van der Waals surface area contributed by atoms with E-state index in [1.165, 1.54) is 0 Å². The maximum Gasteiger partial charge on any atom is 0.230 e. The molecule has 1 aromatic rings. The summed E-state index contributed by atoms with van der Waals surface area (Å²) in [6, 6.07) is 7.87. The van der Waals surface area contributed by atoms with Crippen LogP contribution in [0.2, 0.25) is 0 Å². The zero-order valence-corrected chi connectivity index (χ0v) is 12.7. The molecule has 21 heavy (non-hydrogen) atoms. The van der Waals surface area contributed by atoms with E-state index in [-0.39, 0.29) is 23.3 Å². The minimum Gasteiger partial charge on any atom is -0.385 e. The molecule has 1 unspecified atom stereocenters. The van der Waals surface area contributed by atoms with Crippen LogP contribution in [0.5, 0.6) is 0 Å². The van der Waals surface area contributed by atoms with Crippen LogP contribution in [0.25, 0.3) is 0 Å². The zero-order valence-electron chi connectivity index (χ0n) is 11.9. The van der Waals surface area contributed by atoms with Crippen molar-refractivity contribution >= 4 is 21.4 Å². The van der Waals surface area contributed by atoms with Crippen molar-refractivity contribution in [2.45, 2.75) is 18.8 Å². The van der Waals surface area contributed by atoms with Crippen molar-refractivity contribution in [2.75, 3.05) is 36.5 Å². The summed E-state index contributed by atoms with van der Waals surface area (Å²) in [5, 5.41) is 3.31. The fourth-order valence-corrected chi connectivity index (χ4v) is 4.38. The van der Waals surface area contributed by atoms with Gasteiger partial charge in [-0.25, -0.2) is 8.42 Å². The molecule has 0 spiro atoms. The van der Waals surface area contributed by atoms with Crippen molar-refractivity contribution in [2.24, 2.45) is 0 Å². The van der Waals surface area contributed by atoms with Gasteiger partial charge in [0.05, 0.1) is 17.4 Å². The van der Waals surface area contributed by atoms with Gasteiger partial charge in [0.15, 0.2) is 9.84 Å². The highest BCUT2D eigenvalue weighted by Gasteiger charge is 2.31. The first-order valence-corrected chi connectivity index (χ1v) is 9.21. The first-order valence-electron chi connectivity index (χ1n) is 7.39. The van der Waals surface area contributed by atoms with Gasteiger partial charge in [-0.2, -0.15) is 0 Å². The molecule has 1 amide bonds. The van der Waals surface area contributed by atoms with Crippen LogP contribution in [0.1, 0.15) is 24.3 Å². The summed E-state index contributed by atoms with van der Waals surface area (Å²) in [5.74, 6) is 0.203. The number of nitrogens with one attached hydrogen (secondary N) is 1. The molecular formula is C15H20N2O3S. The molecule has 0 aliphatic carbocycles. The maximum atomic E-state index is 12.8. The van der Waals surface area contributed by atoms with E-state index in [1.807, 2.05) is 24.3 Å². The smallest absolute Gasteiger partial charge is 0.230 e. The number of rotatable bonds is 1. The normalized spacial score (nSPS) is 24.6. The number of anilines is 1. The number of nitrogens with zero attached hydrogens (tertiary/aromatic N) is 1. The van der Waals surface area contributed by atoms with Gasteiger partial charge in [-0.3, -0.25) is 4.79 Å². The van der Waals surface area contributed by atoms with Crippen molar-refractivity contribution in [3.05, 3.63) is 29.8 Å². The Hall–Kier alpha value is -1.56. The van der Waals surface area contributed by atoms with E-state index < -0.39 is 9.84 Å². The first kappa shape index (κ1) is 14.4. The summed E-state index contributed by atoms with van der Waals surface area (Å²) in [6.07, 6.45) is 1.31. The lowest BCUT2D eigenvalue weighted by atomic mass is 9.89. The fraction of sp³-hybridized carbons (Fsp3) is 0.533. The van der Waals surface area contributed by atoms with Crippen LogP contribution in [0, 0.1) is 0 Å². The van der Waals surface area contributed by atoms with E-state index in [0.717, 1.165) is 24.2 Å². The molecule has 6 heteroatoms. The Morgan fingerprint density at radius 3 is 2.86 bits per heavy atom. The average Bonchev–Trinajstić information content (AvgIpc) is 2.67. The third kappa shape index (κ3) is 3.05. The van der Waals surface area contributed by atoms with Gasteiger partial charge < -0.3 is 10.2 Å². The van der Waals surface area contributed by atoms with Gasteiger partial charge in [0.25, 0.3) is 0 Å². The molecule has 1 saturated heterocycles. The lowest BCUT2D eigenvalue weighted by Gasteiger charge is -2.30. The van der Waals surface area contributed by atoms with Crippen LogP contribution in [0.15, 0.2) is 24.3 Å². The van der Waals surface area contributed by atoms with E-state index >= 15 is 0 Å². The summed E-state index contributed by atoms with van der Waals surface area (Å²) in [6.45, 7) is 1.65. The van der Waals surface area contributed by atoms with Gasteiger partial charge in [0.2, 0.25) is 5.91 Å². The van der Waals surface area contributed by atoms with Gasteiger partial charge in [-0.05, 0) is 24.5 Å². The van der Waals surface area contributed by atoms with E-state index in [1.54, 1.807) is 4.90 Å². The molecular weight excluding hydrogens is 288 g/mol. The summed E-state index contributed by atoms with van der Waals surface area (Å²) >= 11 is 0. The molecule has 1 aromatic carbocycles. The molecule has 0 bridgehead atoms. The molecule has 1 atom stereocenters. The van der Waals surface area contributed by atoms with Crippen molar-refractivity contribution in [1.82, 2.24) is 4.90 Å². The minimum atomic E-state index is -2.98. The minimum absolute atomic E-state index is 0.0704. The molecule has 2 aliphatic rings. The van der Waals surface area contributed by atoms with Crippen LogP contribution < -0.4 is 5.32 Å². The Morgan fingerprint density at radius 1 is 1.19 bits per heavy atom. The maximum absolute atomic E-state index is 12.8. The Balaban J connectivity index is 1.80. The second-order valence-corrected chi connectivity index (χ2v) is 7.99. The van der Waals surface area contributed by atoms with Crippen molar-refractivity contribution < 1.29 is 13.2 Å². The number of amides is 1. The second kappa shape index (κ2) is 5.67. The number of carbonyl (C=O) groups excluding carboxylic acids is 1. The summed E-state index contributed by atoms with van der Waals surface area (Å²) in [4.78, 5) is 14.5. The molecule has 0 aromatic heterocycles. The Labute approximate surface area is 125 Å². The second-order valence-electron chi connectivity index (χ2n) is 5.69. The highest BCUT2D eigenvalue weighted by atomic mass is 32.2. The number of carbonyl (C=O) groups is 1. The van der Waals surface area contributed by atoms with Crippen LogP contribution in [-0.4, -0.2) is 50.4 Å². The zero-order chi connectivity index (χ0) is 14.9. The Morgan fingerprint density at radius 2 is 2.00 bits per heavy atom. The van der Waals surface area contributed by atoms with E-state index in [2.05, 4.69) is 5.32 Å². The fourth-order valence-electron chi connectivity index (χ4n) is 3.10. The molecule has 2 aliphatic heterocycles. The highest BCUT2D eigenvalue weighted by Crippen LogP contribution is 2.32. The van der Waals surface area contributed by atoms with E-state index in [9.17, 15) is 13.2 Å². The molecule has 0 saturated carbocycles. The Bertz CT molecular complexity index is 642. The van der Waals surface area contributed by atoms with Gasteiger partial charge in [0.1, 0.15) is 0 Å². The number of sulfone groups is 1. The first-order chi connectivity index (χ1) is 10.1. The van der Waals surface area contributed by atoms with Crippen LogP contribution in [0.3, 0.4) is 0 Å². The van der Waals surface area contributed by atoms with Gasteiger partial charge in [-0.15, -0.1) is 0 Å². The van der Waals surface area contributed by atoms with E-state index in [0.29, 0.717) is 19.5 Å². The van der Waals surface area contributed by atoms with Crippen molar-refractivity contribution in [1.29, 1.82) is 0 Å². The molecule has 1 N–H and O–H groups in total. The van der Waals surface area contributed by atoms with Crippen LogP contribution in [-0.2, 0) is 14.6 Å². The van der Waals surface area contributed by atoms with Gasteiger partial charge >= 0.3 is 0 Å². The number of hydrogen-bond acceptors (Lipinski definition) is 4. The molecule has 2 heterocycles. The molecule has 3 rings (SSSR count). The lowest BCUT2D eigenvalue weighted by Crippen LogP contribution is -2.39. The summed E-state index contributed by atoms with van der Waals surface area (Å²) in [7, 11) is -2.98. The highest BCUT2D eigenvalue weighted by molar-refractivity contribution is 7.91. The molecule has 0 radical (unpaired) electrons. The van der Waals surface area contributed by atoms with Crippen LogP contribution >= 0.6 is 0 Å². The quantitative estimate of drug-likeness (QED) is 0.847. The van der Waals surface area contributed by atoms with E-state index in [4.69, 9.17) is 0 Å². The number of benzene rings is 1. The Kier molecular flexibility index (Phi) is 3.89. The molecule has 5 nitrogen and oxygen atoms in total. The van der Waals surface area contributed by atoms with Gasteiger partial charge in [-0.1, -0.05) is 18.2 Å². The SMILES string of the molecule is O=C(C1CCNc2ccccc21)N1CCCS(=O)(=O)CC1. The number of para-hydroxylation sites is 1. The predicted octanol–water partition coefficient (Wildman–Crippen LogP) is 1.23.